The van der Waals surface area contributed by atoms with Gasteiger partial charge in [0.2, 0.25) is 0 Å². The maximum absolute atomic E-state index is 11.5. The molecule has 0 unspecified atom stereocenters. The van der Waals surface area contributed by atoms with Gasteiger partial charge in [-0.05, 0) is 12.1 Å². The summed E-state index contributed by atoms with van der Waals surface area (Å²) < 4.78 is 5.33. The summed E-state index contributed by atoms with van der Waals surface area (Å²) in [5.41, 5.74) is 6.86. The topological polar surface area (TPSA) is 103 Å². The lowest BCUT2D eigenvalue weighted by atomic mass is 10.1. The van der Waals surface area contributed by atoms with Crippen molar-refractivity contribution in [3.63, 3.8) is 0 Å². The molecule has 1 aliphatic heterocycles. The number of rotatable bonds is 1. The van der Waals surface area contributed by atoms with Crippen LogP contribution in [0.5, 0.6) is 0 Å². The highest BCUT2D eigenvalue weighted by atomic mass is 35.5. The Bertz CT molecular complexity index is 642. The maximum atomic E-state index is 11.5. The van der Waals surface area contributed by atoms with E-state index in [-0.39, 0.29) is 36.0 Å². The van der Waals surface area contributed by atoms with Crippen LogP contribution in [0.2, 0.25) is 0 Å². The summed E-state index contributed by atoms with van der Waals surface area (Å²) in [7, 11) is 0. The van der Waals surface area contributed by atoms with Crippen LogP contribution in [0.25, 0.3) is 11.0 Å². The molecule has 3 rings (SSSR count). The zero-order valence-electron chi connectivity index (χ0n) is 11.3. The molecule has 0 saturated carbocycles. The van der Waals surface area contributed by atoms with Crippen LogP contribution in [-0.2, 0) is 0 Å². The predicted octanol–water partition coefficient (Wildman–Crippen LogP) is 0.804. The van der Waals surface area contributed by atoms with E-state index in [1.54, 1.807) is 6.07 Å². The van der Waals surface area contributed by atoms with E-state index in [1.165, 1.54) is 0 Å². The molecule has 6 nitrogen and oxygen atoms in total. The van der Waals surface area contributed by atoms with Gasteiger partial charge in [0.05, 0.1) is 5.69 Å². The number of benzene rings is 1. The molecule has 0 atom stereocenters. The van der Waals surface area contributed by atoms with Crippen molar-refractivity contribution in [1.82, 2.24) is 5.32 Å². The number of nitrogen functional groups attached to an aromatic ring is 1. The summed E-state index contributed by atoms with van der Waals surface area (Å²) in [5.74, 6) is 0. The monoisotopic (exact) mass is 335 g/mol. The first-order valence-corrected chi connectivity index (χ1v) is 6.04. The van der Waals surface area contributed by atoms with Gasteiger partial charge >= 0.3 is 5.63 Å². The van der Waals surface area contributed by atoms with E-state index in [1.807, 2.05) is 18.2 Å². The lowest BCUT2D eigenvalue weighted by Crippen LogP contribution is -2.43. The smallest absolute Gasteiger partial charge is 0.359 e. The van der Waals surface area contributed by atoms with Crippen molar-refractivity contribution >= 4 is 47.2 Å². The van der Waals surface area contributed by atoms with Gasteiger partial charge in [-0.25, -0.2) is 4.79 Å². The van der Waals surface area contributed by atoms with Crippen LogP contribution in [0, 0.1) is 0 Å². The number of nitrogens with two attached hydrogens (primary N) is 1. The molecule has 2 aromatic rings. The quantitative estimate of drug-likeness (QED) is 0.750. The van der Waals surface area contributed by atoms with Crippen molar-refractivity contribution in [3.05, 3.63) is 34.7 Å². The van der Waals surface area contributed by atoms with Gasteiger partial charge in [0, 0.05) is 31.6 Å². The van der Waals surface area contributed by atoms with Crippen LogP contribution in [0.1, 0.15) is 0 Å². The molecule has 0 spiro atoms. The molecule has 1 saturated heterocycles. The first kappa shape index (κ1) is 19.5. The molecule has 0 aliphatic carbocycles. The Labute approximate surface area is 134 Å². The van der Waals surface area contributed by atoms with Crippen LogP contribution in [0.4, 0.5) is 11.4 Å². The Kier molecular flexibility index (Phi) is 7.52. The van der Waals surface area contributed by atoms with Crippen molar-refractivity contribution in [2.24, 2.45) is 0 Å². The van der Waals surface area contributed by atoms with Crippen LogP contribution in [0.15, 0.2) is 33.5 Å². The fraction of sp³-hybridized carbons (Fsp3) is 0.308. The number of hydrogen-bond donors (Lipinski definition) is 2. The van der Waals surface area contributed by atoms with Gasteiger partial charge in [-0.1, -0.05) is 12.1 Å². The Hall–Kier alpha value is -1.47. The molecule has 1 aliphatic rings. The van der Waals surface area contributed by atoms with Gasteiger partial charge in [0.15, 0.2) is 5.58 Å². The molecule has 5 N–H and O–H groups in total. The van der Waals surface area contributed by atoms with Gasteiger partial charge < -0.3 is 25.8 Å². The normalized spacial score (nSPS) is 13.8. The number of halogens is 2. The van der Waals surface area contributed by atoms with Crippen molar-refractivity contribution < 1.29 is 9.89 Å². The standard InChI is InChI=1S/C13H15N3O2.2ClH.H2O/c14-10-8-9-2-1-3-11(12(9)18-13(10)17)16-6-4-15-5-7-16;;;/h1-3,8,15H,4-7,14H2;2*1H;1H2. The van der Waals surface area contributed by atoms with Gasteiger partial charge in [-0.15, -0.1) is 24.8 Å². The van der Waals surface area contributed by atoms with E-state index in [2.05, 4.69) is 10.2 Å². The number of hydrogen-bond acceptors (Lipinski definition) is 5. The van der Waals surface area contributed by atoms with E-state index >= 15 is 0 Å². The Balaban J connectivity index is 0.00000133. The highest BCUT2D eigenvalue weighted by Gasteiger charge is 2.15. The van der Waals surface area contributed by atoms with Gasteiger partial charge in [0.1, 0.15) is 5.69 Å². The number of anilines is 2. The van der Waals surface area contributed by atoms with Gasteiger partial charge in [-0.2, -0.15) is 0 Å². The average Bonchev–Trinajstić information content (AvgIpc) is 2.40. The van der Waals surface area contributed by atoms with Crippen LogP contribution in [-0.4, -0.2) is 31.7 Å². The third-order valence-electron chi connectivity index (χ3n) is 3.22. The van der Waals surface area contributed by atoms with Crippen molar-refractivity contribution in [3.8, 4) is 0 Å². The summed E-state index contributed by atoms with van der Waals surface area (Å²) in [4.78, 5) is 13.8. The highest BCUT2D eigenvalue weighted by molar-refractivity contribution is 5.90. The van der Waals surface area contributed by atoms with E-state index in [0.717, 1.165) is 37.3 Å². The molecular weight excluding hydrogens is 317 g/mol. The molecule has 118 valence electrons. The molecule has 1 fully saturated rings. The van der Waals surface area contributed by atoms with Crippen molar-refractivity contribution in [2.75, 3.05) is 36.8 Å². The lowest BCUT2D eigenvalue weighted by molar-refractivity contribution is 0.554. The third-order valence-corrected chi connectivity index (χ3v) is 3.22. The highest BCUT2D eigenvalue weighted by Crippen LogP contribution is 2.26. The molecule has 2 heterocycles. The van der Waals surface area contributed by atoms with E-state index < -0.39 is 5.63 Å². The molecule has 1 aromatic carbocycles. The predicted molar refractivity (Wildman–Crippen MR) is 90.1 cm³/mol. The second-order valence-corrected chi connectivity index (χ2v) is 4.42. The van der Waals surface area contributed by atoms with Crippen molar-refractivity contribution in [2.45, 2.75) is 0 Å². The summed E-state index contributed by atoms with van der Waals surface area (Å²) in [5, 5.41) is 4.16. The molecule has 8 heteroatoms. The van der Waals surface area contributed by atoms with E-state index in [0.29, 0.717) is 5.58 Å². The van der Waals surface area contributed by atoms with Crippen LogP contribution >= 0.6 is 24.8 Å². The second-order valence-electron chi connectivity index (χ2n) is 4.42. The molecular formula is C13H19Cl2N3O3. The zero-order chi connectivity index (χ0) is 12.5. The SMILES string of the molecule is Cl.Cl.Nc1cc2cccc(N3CCNCC3)c2oc1=O.O. The van der Waals surface area contributed by atoms with Crippen molar-refractivity contribution in [1.29, 1.82) is 0 Å². The molecule has 0 amide bonds. The number of fused-ring (bicyclic) bond motifs is 1. The van der Waals surface area contributed by atoms with Crippen LogP contribution in [0.3, 0.4) is 0 Å². The third kappa shape index (κ3) is 3.79. The maximum Gasteiger partial charge on any atom is 0.359 e. The Morgan fingerprint density at radius 2 is 1.86 bits per heavy atom. The molecule has 1 aromatic heterocycles. The molecule has 21 heavy (non-hydrogen) atoms. The second kappa shape index (κ2) is 8.09. The zero-order valence-corrected chi connectivity index (χ0v) is 12.9. The number of piperazine rings is 1. The first-order chi connectivity index (χ1) is 8.75. The van der Waals surface area contributed by atoms with Gasteiger partial charge in [-0.3, -0.25) is 0 Å². The Morgan fingerprint density at radius 1 is 1.19 bits per heavy atom. The summed E-state index contributed by atoms with van der Waals surface area (Å²) in [6.07, 6.45) is 0. The number of nitrogens with one attached hydrogen (secondary N) is 1. The minimum atomic E-state index is -0.468. The summed E-state index contributed by atoms with van der Waals surface area (Å²) in [6, 6.07) is 7.51. The summed E-state index contributed by atoms with van der Waals surface area (Å²) >= 11 is 0. The van der Waals surface area contributed by atoms with E-state index in [4.69, 9.17) is 10.2 Å². The number of nitrogens with zero attached hydrogens (tertiary/aromatic N) is 1. The van der Waals surface area contributed by atoms with Crippen LogP contribution < -0.4 is 21.6 Å². The molecule has 0 bridgehead atoms. The summed E-state index contributed by atoms with van der Waals surface area (Å²) in [6.45, 7) is 3.70. The average molecular weight is 336 g/mol. The number of para-hydroxylation sites is 1. The Morgan fingerprint density at radius 3 is 2.52 bits per heavy atom. The lowest BCUT2D eigenvalue weighted by Gasteiger charge is -2.29. The van der Waals surface area contributed by atoms with E-state index in [9.17, 15) is 4.79 Å². The largest absolute Gasteiger partial charge is 0.419 e. The fourth-order valence-electron chi connectivity index (χ4n) is 2.30. The fourth-order valence-corrected chi connectivity index (χ4v) is 2.30. The van der Waals surface area contributed by atoms with Gasteiger partial charge in [0.25, 0.3) is 0 Å². The minimum absolute atomic E-state index is 0. The minimum Gasteiger partial charge on any atom is -0.419 e. The molecule has 0 radical (unpaired) electrons. The first-order valence-electron chi connectivity index (χ1n) is 6.04.